The molecule has 0 saturated carbocycles. The zero-order valence-electron chi connectivity index (χ0n) is 12.9. The molecule has 1 N–H and O–H groups in total. The Morgan fingerprint density at radius 3 is 2.65 bits per heavy atom. The van der Waals surface area contributed by atoms with E-state index in [-0.39, 0.29) is 17.1 Å². The summed E-state index contributed by atoms with van der Waals surface area (Å²) in [6, 6.07) is 6.45. The standard InChI is InChI=1S/C16H25FN2O/c1-16(2,3)8-9-18-15(20)12-19(4)11-13-6-5-7-14(17)10-13/h5-7,10H,8-9,11-12H2,1-4H3,(H,18,20). The molecule has 0 heterocycles. The van der Waals surface area contributed by atoms with Crippen molar-refractivity contribution in [1.29, 1.82) is 0 Å². The molecule has 0 atom stereocenters. The second kappa shape index (κ2) is 7.39. The molecule has 0 aliphatic carbocycles. The second-order valence-electron chi connectivity index (χ2n) is 6.46. The summed E-state index contributed by atoms with van der Waals surface area (Å²) < 4.78 is 13.1. The first kappa shape index (κ1) is 16.6. The number of nitrogens with one attached hydrogen (secondary N) is 1. The first-order valence-electron chi connectivity index (χ1n) is 6.96. The van der Waals surface area contributed by atoms with E-state index in [4.69, 9.17) is 0 Å². The van der Waals surface area contributed by atoms with E-state index in [2.05, 4.69) is 26.1 Å². The molecule has 1 aromatic carbocycles. The third kappa shape index (κ3) is 7.24. The van der Waals surface area contributed by atoms with Crippen LogP contribution in [0.25, 0.3) is 0 Å². The van der Waals surface area contributed by atoms with Crippen LogP contribution >= 0.6 is 0 Å². The molecule has 0 unspecified atom stereocenters. The Morgan fingerprint density at radius 1 is 1.35 bits per heavy atom. The summed E-state index contributed by atoms with van der Waals surface area (Å²) in [6.45, 7) is 8.01. The van der Waals surface area contributed by atoms with Gasteiger partial charge in [-0.3, -0.25) is 9.69 Å². The molecule has 1 rings (SSSR count). The molecule has 0 aliphatic heterocycles. The largest absolute Gasteiger partial charge is 0.355 e. The molecule has 0 bridgehead atoms. The van der Waals surface area contributed by atoms with Crippen LogP contribution in [0.1, 0.15) is 32.8 Å². The second-order valence-corrected chi connectivity index (χ2v) is 6.46. The lowest BCUT2D eigenvalue weighted by molar-refractivity contribution is -0.122. The molecule has 0 aliphatic rings. The van der Waals surface area contributed by atoms with Gasteiger partial charge in [0.15, 0.2) is 0 Å². The highest BCUT2D eigenvalue weighted by molar-refractivity contribution is 5.77. The summed E-state index contributed by atoms with van der Waals surface area (Å²) in [6.07, 6.45) is 0.951. The number of carbonyl (C=O) groups excluding carboxylic acids is 1. The van der Waals surface area contributed by atoms with Gasteiger partial charge in [-0.2, -0.15) is 0 Å². The summed E-state index contributed by atoms with van der Waals surface area (Å²) in [7, 11) is 1.86. The van der Waals surface area contributed by atoms with Crippen molar-refractivity contribution in [1.82, 2.24) is 10.2 Å². The molecule has 0 saturated heterocycles. The molecule has 0 radical (unpaired) electrons. The number of benzene rings is 1. The summed E-state index contributed by atoms with van der Waals surface area (Å²) in [5.41, 5.74) is 1.09. The molecule has 112 valence electrons. The molecule has 1 amide bonds. The predicted molar refractivity (Wildman–Crippen MR) is 79.8 cm³/mol. The highest BCUT2D eigenvalue weighted by Crippen LogP contribution is 2.16. The Labute approximate surface area is 121 Å². The summed E-state index contributed by atoms with van der Waals surface area (Å²) in [5.74, 6) is -0.237. The Hall–Kier alpha value is -1.42. The highest BCUT2D eigenvalue weighted by Gasteiger charge is 2.11. The predicted octanol–water partition coefficient (Wildman–Crippen LogP) is 2.81. The van der Waals surface area contributed by atoms with E-state index < -0.39 is 0 Å². The fraction of sp³-hybridized carbons (Fsp3) is 0.562. The van der Waals surface area contributed by atoms with Crippen molar-refractivity contribution < 1.29 is 9.18 Å². The van der Waals surface area contributed by atoms with Crippen LogP contribution in [-0.2, 0) is 11.3 Å². The number of amides is 1. The summed E-state index contributed by atoms with van der Waals surface area (Å²) >= 11 is 0. The number of rotatable bonds is 6. The number of nitrogens with zero attached hydrogens (tertiary/aromatic N) is 1. The van der Waals surface area contributed by atoms with Gasteiger partial charge in [0.2, 0.25) is 5.91 Å². The lowest BCUT2D eigenvalue weighted by atomic mass is 9.92. The SMILES string of the molecule is CN(CC(=O)NCCC(C)(C)C)Cc1cccc(F)c1. The van der Waals surface area contributed by atoms with Crippen LogP contribution in [-0.4, -0.2) is 30.9 Å². The Bertz CT molecular complexity index is 440. The maximum Gasteiger partial charge on any atom is 0.234 e. The van der Waals surface area contributed by atoms with Gasteiger partial charge in [-0.05, 0) is 36.6 Å². The molecule has 3 nitrogen and oxygen atoms in total. The number of carbonyl (C=O) groups is 1. The third-order valence-electron chi connectivity index (χ3n) is 2.95. The van der Waals surface area contributed by atoms with E-state index in [0.29, 0.717) is 19.6 Å². The smallest absolute Gasteiger partial charge is 0.234 e. The van der Waals surface area contributed by atoms with Crippen LogP contribution in [0.2, 0.25) is 0 Å². The van der Waals surface area contributed by atoms with Gasteiger partial charge in [0.05, 0.1) is 6.54 Å². The molecule has 0 aromatic heterocycles. The van der Waals surface area contributed by atoms with Crippen molar-refractivity contribution in [2.75, 3.05) is 20.1 Å². The fourth-order valence-electron chi connectivity index (χ4n) is 1.88. The van der Waals surface area contributed by atoms with E-state index in [1.807, 2.05) is 18.0 Å². The summed E-state index contributed by atoms with van der Waals surface area (Å²) in [5, 5.41) is 2.91. The lowest BCUT2D eigenvalue weighted by Crippen LogP contribution is -2.36. The van der Waals surface area contributed by atoms with Gasteiger partial charge in [0.25, 0.3) is 0 Å². The van der Waals surface area contributed by atoms with Crippen LogP contribution in [0.3, 0.4) is 0 Å². The van der Waals surface area contributed by atoms with Gasteiger partial charge in [0.1, 0.15) is 5.82 Å². The van der Waals surface area contributed by atoms with Gasteiger partial charge in [-0.1, -0.05) is 32.9 Å². The monoisotopic (exact) mass is 280 g/mol. The van der Waals surface area contributed by atoms with Gasteiger partial charge in [0, 0.05) is 13.1 Å². The Morgan fingerprint density at radius 2 is 2.05 bits per heavy atom. The minimum absolute atomic E-state index is 0.00755. The normalized spacial score (nSPS) is 11.7. The maximum absolute atomic E-state index is 13.1. The maximum atomic E-state index is 13.1. The van der Waals surface area contributed by atoms with Crippen molar-refractivity contribution in [3.63, 3.8) is 0 Å². The average Bonchev–Trinajstić information content (AvgIpc) is 2.26. The highest BCUT2D eigenvalue weighted by atomic mass is 19.1. The minimum Gasteiger partial charge on any atom is -0.355 e. The first-order chi connectivity index (χ1) is 9.26. The van der Waals surface area contributed by atoms with E-state index in [1.54, 1.807) is 6.07 Å². The van der Waals surface area contributed by atoms with Crippen molar-refractivity contribution in [2.45, 2.75) is 33.7 Å². The lowest BCUT2D eigenvalue weighted by Gasteiger charge is -2.20. The van der Waals surface area contributed by atoms with Crippen molar-refractivity contribution in [3.8, 4) is 0 Å². The van der Waals surface area contributed by atoms with Gasteiger partial charge in [-0.25, -0.2) is 4.39 Å². The van der Waals surface area contributed by atoms with Crippen molar-refractivity contribution in [3.05, 3.63) is 35.6 Å². The van der Waals surface area contributed by atoms with Crippen molar-refractivity contribution >= 4 is 5.91 Å². The summed E-state index contributed by atoms with van der Waals surface area (Å²) in [4.78, 5) is 13.6. The third-order valence-corrected chi connectivity index (χ3v) is 2.95. The van der Waals surface area contributed by atoms with Gasteiger partial charge in [-0.15, -0.1) is 0 Å². The Kier molecular flexibility index (Phi) is 6.14. The number of hydrogen-bond donors (Lipinski definition) is 1. The Balaban J connectivity index is 2.31. The molecular formula is C16H25FN2O. The number of hydrogen-bond acceptors (Lipinski definition) is 2. The molecule has 0 fully saturated rings. The van der Waals surface area contributed by atoms with Crippen LogP contribution < -0.4 is 5.32 Å². The van der Waals surface area contributed by atoms with Crippen LogP contribution in [0.15, 0.2) is 24.3 Å². The fourth-order valence-corrected chi connectivity index (χ4v) is 1.88. The molecule has 1 aromatic rings. The van der Waals surface area contributed by atoms with Gasteiger partial charge >= 0.3 is 0 Å². The van der Waals surface area contributed by atoms with E-state index in [1.165, 1.54) is 12.1 Å². The van der Waals surface area contributed by atoms with Crippen LogP contribution in [0.4, 0.5) is 4.39 Å². The topological polar surface area (TPSA) is 32.3 Å². The molecule has 0 spiro atoms. The van der Waals surface area contributed by atoms with E-state index in [9.17, 15) is 9.18 Å². The molecule has 20 heavy (non-hydrogen) atoms. The van der Waals surface area contributed by atoms with Crippen LogP contribution in [0, 0.1) is 11.2 Å². The van der Waals surface area contributed by atoms with Crippen molar-refractivity contribution in [2.24, 2.45) is 5.41 Å². The first-order valence-corrected chi connectivity index (χ1v) is 6.96. The van der Waals surface area contributed by atoms with E-state index >= 15 is 0 Å². The van der Waals surface area contributed by atoms with Crippen LogP contribution in [0.5, 0.6) is 0 Å². The van der Waals surface area contributed by atoms with Gasteiger partial charge < -0.3 is 5.32 Å². The van der Waals surface area contributed by atoms with E-state index in [0.717, 1.165) is 12.0 Å². The zero-order chi connectivity index (χ0) is 15.2. The molecule has 4 heteroatoms. The molecular weight excluding hydrogens is 255 g/mol. The number of likely N-dealkylation sites (N-methyl/N-ethyl adjacent to an activating group) is 1. The zero-order valence-corrected chi connectivity index (χ0v) is 12.9. The minimum atomic E-state index is -0.245. The average molecular weight is 280 g/mol. The number of halogens is 1. The quantitative estimate of drug-likeness (QED) is 0.869.